The summed E-state index contributed by atoms with van der Waals surface area (Å²) < 4.78 is 27.2. The van der Waals surface area contributed by atoms with E-state index in [0.717, 1.165) is 25.7 Å². The van der Waals surface area contributed by atoms with Crippen molar-refractivity contribution in [2.24, 2.45) is 0 Å². The molecule has 0 radical (unpaired) electrons. The zero-order chi connectivity index (χ0) is 21.2. The maximum Gasteiger partial charge on any atom is 0.222 e. The minimum Gasteiger partial charge on any atom is -0.339 e. The number of carbonyl (C=O) groups is 1. The third-order valence-corrected chi connectivity index (χ3v) is 8.73. The van der Waals surface area contributed by atoms with Gasteiger partial charge in [-0.05, 0) is 36.4 Å². The van der Waals surface area contributed by atoms with Crippen molar-refractivity contribution in [3.63, 3.8) is 0 Å². The molecule has 1 saturated carbocycles. The van der Waals surface area contributed by atoms with Gasteiger partial charge in [0.1, 0.15) is 0 Å². The Morgan fingerprint density at radius 2 is 1.77 bits per heavy atom. The summed E-state index contributed by atoms with van der Waals surface area (Å²) in [6.45, 7) is 1.81. The van der Waals surface area contributed by atoms with Crippen molar-refractivity contribution in [2.75, 3.05) is 0 Å². The topological polar surface area (TPSA) is 66.5 Å². The maximum atomic E-state index is 13.6. The minimum atomic E-state index is -3.75. The highest BCUT2D eigenvalue weighted by Crippen LogP contribution is 2.49. The number of hydrogen-bond acceptors (Lipinski definition) is 5. The molecule has 7 heteroatoms. The van der Waals surface area contributed by atoms with Gasteiger partial charge in [-0.15, -0.1) is 0 Å². The molecule has 1 heterocycles. The molecule has 1 atom stereocenters. The smallest absolute Gasteiger partial charge is 0.222 e. The monoisotopic (exact) mass is 442 g/mol. The van der Waals surface area contributed by atoms with Crippen LogP contribution in [0.3, 0.4) is 0 Å². The molecule has 0 spiro atoms. The van der Waals surface area contributed by atoms with E-state index >= 15 is 0 Å². The van der Waals surface area contributed by atoms with E-state index in [2.05, 4.69) is 10.2 Å². The van der Waals surface area contributed by atoms with Crippen LogP contribution in [-0.2, 0) is 19.6 Å². The molecule has 0 saturated heterocycles. The Hall–Kier alpha value is -2.25. The van der Waals surface area contributed by atoms with Crippen molar-refractivity contribution < 1.29 is 13.2 Å². The maximum absolute atomic E-state index is 13.6. The van der Waals surface area contributed by atoms with Gasteiger partial charge < -0.3 is 10.2 Å². The quantitative estimate of drug-likeness (QED) is 0.707. The van der Waals surface area contributed by atoms with Gasteiger partial charge in [-0.2, -0.15) is 0 Å². The van der Waals surface area contributed by atoms with E-state index in [4.69, 9.17) is 0 Å². The van der Waals surface area contributed by atoms with Crippen molar-refractivity contribution in [3.8, 4) is 0 Å². The van der Waals surface area contributed by atoms with Crippen molar-refractivity contribution in [2.45, 2.75) is 59.9 Å². The molecular formula is C23H26N2O3S2. The van der Waals surface area contributed by atoms with Gasteiger partial charge in [-0.1, -0.05) is 67.9 Å². The lowest BCUT2D eigenvalue weighted by molar-refractivity contribution is -0.123. The van der Waals surface area contributed by atoms with E-state index in [9.17, 15) is 13.2 Å². The molecule has 0 bridgehead atoms. The number of nitrogens with one attached hydrogen (secondary N) is 1. The molecule has 5 nitrogen and oxygen atoms in total. The molecule has 4 rings (SSSR count). The molecule has 2 aliphatic rings. The number of carbonyl (C=O) groups excluding carboxylic acids is 1. The van der Waals surface area contributed by atoms with Crippen LogP contribution < -0.4 is 5.32 Å². The molecule has 1 aliphatic heterocycles. The summed E-state index contributed by atoms with van der Waals surface area (Å²) in [5.41, 5.74) is 0.595. The van der Waals surface area contributed by atoms with Crippen LogP contribution in [0.1, 0.15) is 44.6 Å². The Morgan fingerprint density at radius 3 is 2.47 bits per heavy atom. The molecule has 158 valence electrons. The summed E-state index contributed by atoms with van der Waals surface area (Å²) in [5, 5.41) is 5.13. The second-order valence-electron chi connectivity index (χ2n) is 7.61. The molecular weight excluding hydrogens is 416 g/mol. The van der Waals surface area contributed by atoms with Gasteiger partial charge >= 0.3 is 0 Å². The lowest BCUT2D eigenvalue weighted by atomic mass is 10.1. The average molecular weight is 443 g/mol. The van der Waals surface area contributed by atoms with Gasteiger partial charge in [0.25, 0.3) is 0 Å². The van der Waals surface area contributed by atoms with Gasteiger partial charge in [0.2, 0.25) is 15.7 Å². The van der Waals surface area contributed by atoms with Gasteiger partial charge in [0.15, 0.2) is 4.99 Å². The van der Waals surface area contributed by atoms with Crippen LogP contribution in [0.4, 0.5) is 0 Å². The molecule has 30 heavy (non-hydrogen) atoms. The zero-order valence-corrected chi connectivity index (χ0v) is 18.6. The van der Waals surface area contributed by atoms with E-state index < -0.39 is 14.8 Å². The van der Waals surface area contributed by atoms with Crippen molar-refractivity contribution in [1.29, 1.82) is 0 Å². The SMILES string of the molecule is CCC(=O)NC1(c2ccccc2S(=O)(=O)c2ccccc2)SC=CN1C1CCCC1. The lowest BCUT2D eigenvalue weighted by Gasteiger charge is -2.43. The zero-order valence-electron chi connectivity index (χ0n) is 17.0. The van der Waals surface area contributed by atoms with Crippen molar-refractivity contribution in [1.82, 2.24) is 10.2 Å². The Balaban J connectivity index is 1.88. The Labute approximate surface area is 182 Å². The van der Waals surface area contributed by atoms with Crippen LogP contribution in [0.25, 0.3) is 0 Å². The molecule has 2 aromatic rings. The summed E-state index contributed by atoms with van der Waals surface area (Å²) >= 11 is 1.46. The number of nitrogens with zero attached hydrogens (tertiary/aromatic N) is 1. The highest BCUT2D eigenvalue weighted by atomic mass is 32.2. The Morgan fingerprint density at radius 1 is 1.10 bits per heavy atom. The second kappa shape index (κ2) is 8.47. The fourth-order valence-electron chi connectivity index (χ4n) is 4.27. The molecule has 0 aromatic heterocycles. The standard InChI is InChI=1S/C23H26N2O3S2/c1-2-22(26)24-23(25(16-17-29-23)18-10-6-7-11-18)20-14-8-9-15-21(20)30(27,28)19-12-4-3-5-13-19/h3-5,8-9,12-18H,2,6-7,10-11H2,1H3,(H,24,26). The van der Waals surface area contributed by atoms with E-state index in [-0.39, 0.29) is 21.7 Å². The number of amides is 1. The number of benzene rings is 2. The molecule has 1 N–H and O–H groups in total. The first kappa shape index (κ1) is 21.0. The third-order valence-electron chi connectivity index (χ3n) is 5.77. The van der Waals surface area contributed by atoms with Crippen molar-refractivity contribution >= 4 is 27.5 Å². The van der Waals surface area contributed by atoms with E-state index in [1.807, 2.05) is 30.7 Å². The molecule has 1 aliphatic carbocycles. The largest absolute Gasteiger partial charge is 0.339 e. The van der Waals surface area contributed by atoms with E-state index in [1.165, 1.54) is 11.8 Å². The number of hydrogen-bond donors (Lipinski definition) is 1. The van der Waals surface area contributed by atoms with Crippen LogP contribution in [0, 0.1) is 0 Å². The fraction of sp³-hybridized carbons (Fsp3) is 0.348. The minimum absolute atomic E-state index is 0.110. The molecule has 2 aromatic carbocycles. The van der Waals surface area contributed by atoms with Crippen LogP contribution >= 0.6 is 11.8 Å². The number of rotatable bonds is 6. The Bertz CT molecular complexity index is 1050. The predicted octanol–water partition coefficient (Wildman–Crippen LogP) is 4.62. The van der Waals surface area contributed by atoms with Crippen LogP contribution in [-0.4, -0.2) is 25.3 Å². The summed E-state index contributed by atoms with van der Waals surface area (Å²) in [7, 11) is -3.75. The fourth-order valence-corrected chi connectivity index (χ4v) is 7.07. The van der Waals surface area contributed by atoms with Gasteiger partial charge in [-0.25, -0.2) is 8.42 Å². The first-order valence-corrected chi connectivity index (χ1v) is 12.7. The number of thioether (sulfide) groups is 1. The molecule has 1 unspecified atom stereocenters. The predicted molar refractivity (Wildman–Crippen MR) is 119 cm³/mol. The first-order chi connectivity index (χ1) is 14.5. The summed E-state index contributed by atoms with van der Waals surface area (Å²) in [6.07, 6.45) is 6.67. The summed E-state index contributed by atoms with van der Waals surface area (Å²) in [4.78, 5) is 14.3. The van der Waals surface area contributed by atoms with Crippen LogP contribution in [0.5, 0.6) is 0 Å². The first-order valence-electron chi connectivity index (χ1n) is 10.3. The molecule has 1 amide bonds. The van der Waals surface area contributed by atoms with E-state index in [1.54, 1.807) is 42.5 Å². The molecule has 1 fully saturated rings. The highest BCUT2D eigenvalue weighted by molar-refractivity contribution is 8.03. The second-order valence-corrected chi connectivity index (χ2v) is 10.6. The lowest BCUT2D eigenvalue weighted by Crippen LogP contribution is -2.55. The van der Waals surface area contributed by atoms with Crippen LogP contribution in [0.15, 0.2) is 76.0 Å². The highest BCUT2D eigenvalue weighted by Gasteiger charge is 2.47. The Kier molecular flexibility index (Phi) is 5.93. The van der Waals surface area contributed by atoms with Gasteiger partial charge in [0.05, 0.1) is 9.79 Å². The number of sulfone groups is 1. The summed E-state index contributed by atoms with van der Waals surface area (Å²) in [5.74, 6) is -0.110. The average Bonchev–Trinajstić information content (AvgIpc) is 3.44. The third kappa shape index (κ3) is 3.65. The van der Waals surface area contributed by atoms with Crippen molar-refractivity contribution in [3.05, 3.63) is 71.8 Å². The normalized spacial score (nSPS) is 21.8. The van der Waals surface area contributed by atoms with Gasteiger partial charge in [0, 0.05) is 24.2 Å². The van der Waals surface area contributed by atoms with E-state index in [0.29, 0.717) is 12.0 Å². The van der Waals surface area contributed by atoms with Gasteiger partial charge in [-0.3, -0.25) is 4.79 Å². The van der Waals surface area contributed by atoms with Crippen LogP contribution in [0.2, 0.25) is 0 Å². The summed E-state index contributed by atoms with van der Waals surface area (Å²) in [6, 6.07) is 15.8.